The van der Waals surface area contributed by atoms with Gasteiger partial charge in [0.05, 0.1) is 18.8 Å². The maximum atomic E-state index is 9.65. The molecule has 2 unspecified atom stereocenters. The topological polar surface area (TPSA) is 61.7 Å². The van der Waals surface area contributed by atoms with Crippen molar-refractivity contribution < 1.29 is 14.9 Å². The van der Waals surface area contributed by atoms with E-state index in [1.165, 1.54) is 19.3 Å². The Kier molecular flexibility index (Phi) is 8.59. The van der Waals surface area contributed by atoms with Gasteiger partial charge in [0.1, 0.15) is 0 Å². The highest BCUT2D eigenvalue weighted by Gasteiger charge is 2.29. The van der Waals surface area contributed by atoms with E-state index in [1.54, 1.807) is 0 Å². The summed E-state index contributed by atoms with van der Waals surface area (Å²) < 4.78 is 5.41. The van der Waals surface area contributed by atoms with Crippen LogP contribution in [0.3, 0.4) is 0 Å². The zero-order valence-corrected chi connectivity index (χ0v) is 11.6. The maximum Gasteiger partial charge on any atom is 0.0897 e. The molecule has 2 atom stereocenters. The first-order chi connectivity index (χ1) is 8.74. The lowest BCUT2D eigenvalue weighted by atomic mass is 10.2. The quantitative estimate of drug-likeness (QED) is 0.462. The van der Waals surface area contributed by atoms with Gasteiger partial charge in [-0.2, -0.15) is 0 Å². The fraction of sp³-hybridized carbons (Fsp3) is 1.00. The number of unbranched alkanes of at least 4 members (excludes halogenated alkanes) is 3. The zero-order chi connectivity index (χ0) is 13.2. The molecule has 0 aromatic carbocycles. The Morgan fingerprint density at radius 1 is 1.17 bits per heavy atom. The Morgan fingerprint density at radius 3 is 2.61 bits per heavy atom. The Balaban J connectivity index is 1.82. The van der Waals surface area contributed by atoms with Crippen LogP contribution in [0, 0.1) is 5.92 Å². The molecule has 18 heavy (non-hydrogen) atoms. The summed E-state index contributed by atoms with van der Waals surface area (Å²) in [6.07, 6.45) is 6.35. The molecule has 3 N–H and O–H groups in total. The summed E-state index contributed by atoms with van der Waals surface area (Å²) in [5, 5.41) is 22.4. The molecule has 1 rings (SSSR count). The molecule has 108 valence electrons. The van der Waals surface area contributed by atoms with Crippen molar-refractivity contribution in [2.24, 2.45) is 5.92 Å². The maximum absolute atomic E-state index is 9.65. The molecule has 1 saturated carbocycles. The van der Waals surface area contributed by atoms with Gasteiger partial charge in [-0.1, -0.05) is 26.2 Å². The molecule has 4 heteroatoms. The van der Waals surface area contributed by atoms with Crippen molar-refractivity contribution in [3.05, 3.63) is 0 Å². The van der Waals surface area contributed by atoms with Gasteiger partial charge in [0.2, 0.25) is 0 Å². The fourth-order valence-electron chi connectivity index (χ4n) is 1.95. The third kappa shape index (κ3) is 8.03. The molecule has 1 fully saturated rings. The number of aliphatic hydroxyl groups excluding tert-OH is 2. The van der Waals surface area contributed by atoms with Gasteiger partial charge >= 0.3 is 0 Å². The number of rotatable bonds is 12. The second kappa shape index (κ2) is 9.73. The molecule has 0 saturated heterocycles. The summed E-state index contributed by atoms with van der Waals surface area (Å²) in [4.78, 5) is 0. The lowest BCUT2D eigenvalue weighted by Gasteiger charge is -2.14. The minimum atomic E-state index is -0.470. The smallest absolute Gasteiger partial charge is 0.0897 e. The monoisotopic (exact) mass is 259 g/mol. The van der Waals surface area contributed by atoms with E-state index in [2.05, 4.69) is 12.2 Å². The van der Waals surface area contributed by atoms with Crippen LogP contribution in [0.4, 0.5) is 0 Å². The first kappa shape index (κ1) is 15.9. The van der Waals surface area contributed by atoms with E-state index in [9.17, 15) is 10.2 Å². The average molecular weight is 259 g/mol. The van der Waals surface area contributed by atoms with E-state index >= 15 is 0 Å². The molecule has 0 bridgehead atoms. The molecule has 0 amide bonds. The molecule has 0 aromatic rings. The molecule has 1 aliphatic carbocycles. The van der Waals surface area contributed by atoms with Gasteiger partial charge in [-0.25, -0.2) is 0 Å². The molecule has 4 nitrogen and oxygen atoms in total. The van der Waals surface area contributed by atoms with E-state index in [0.717, 1.165) is 25.9 Å². The fourth-order valence-corrected chi connectivity index (χ4v) is 1.95. The van der Waals surface area contributed by atoms with Gasteiger partial charge < -0.3 is 20.3 Å². The lowest BCUT2D eigenvalue weighted by Crippen LogP contribution is -2.36. The number of aliphatic hydroxyl groups is 2. The minimum absolute atomic E-state index is 0.243. The molecule has 0 heterocycles. The largest absolute Gasteiger partial charge is 0.392 e. The van der Waals surface area contributed by atoms with Gasteiger partial charge in [-0.05, 0) is 25.2 Å². The SMILES string of the molecule is CCCCCCOCC(O)CNCC(O)C1CC1. The van der Waals surface area contributed by atoms with Crippen molar-refractivity contribution in [3.63, 3.8) is 0 Å². The van der Waals surface area contributed by atoms with E-state index in [1.807, 2.05) is 0 Å². The standard InChI is InChI=1S/C14H29NO3/c1-2-3-4-5-8-18-11-13(16)9-15-10-14(17)12-6-7-12/h12-17H,2-11H2,1H3. The third-order valence-corrected chi connectivity index (χ3v) is 3.35. The second-order valence-corrected chi connectivity index (χ2v) is 5.35. The van der Waals surface area contributed by atoms with Gasteiger partial charge in [0, 0.05) is 19.7 Å². The van der Waals surface area contributed by atoms with Crippen LogP contribution < -0.4 is 5.32 Å². The van der Waals surface area contributed by atoms with Crippen LogP contribution in [0.2, 0.25) is 0 Å². The van der Waals surface area contributed by atoms with Gasteiger partial charge in [0.15, 0.2) is 0 Å². The Hall–Kier alpha value is -0.160. The van der Waals surface area contributed by atoms with Crippen molar-refractivity contribution in [3.8, 4) is 0 Å². The highest BCUT2D eigenvalue weighted by Crippen LogP contribution is 2.32. The second-order valence-electron chi connectivity index (χ2n) is 5.35. The van der Waals surface area contributed by atoms with Gasteiger partial charge in [-0.15, -0.1) is 0 Å². The number of ether oxygens (including phenoxy) is 1. The van der Waals surface area contributed by atoms with Crippen LogP contribution in [0.15, 0.2) is 0 Å². The normalized spacial score (nSPS) is 18.8. The molecule has 0 radical (unpaired) electrons. The van der Waals surface area contributed by atoms with Crippen molar-refractivity contribution >= 4 is 0 Å². The van der Waals surface area contributed by atoms with Crippen LogP contribution in [-0.4, -0.2) is 48.7 Å². The molecule has 0 spiro atoms. The van der Waals surface area contributed by atoms with E-state index in [0.29, 0.717) is 25.6 Å². The van der Waals surface area contributed by atoms with Crippen molar-refractivity contribution in [1.82, 2.24) is 5.32 Å². The molecule has 0 aliphatic heterocycles. The van der Waals surface area contributed by atoms with E-state index in [4.69, 9.17) is 4.74 Å². The summed E-state index contributed by atoms with van der Waals surface area (Å²) in [6, 6.07) is 0. The highest BCUT2D eigenvalue weighted by atomic mass is 16.5. The first-order valence-electron chi connectivity index (χ1n) is 7.38. The summed E-state index contributed by atoms with van der Waals surface area (Å²) in [5.74, 6) is 0.490. The van der Waals surface area contributed by atoms with Crippen molar-refractivity contribution in [2.45, 2.75) is 57.7 Å². The van der Waals surface area contributed by atoms with Crippen LogP contribution in [0.1, 0.15) is 45.4 Å². The van der Waals surface area contributed by atoms with E-state index < -0.39 is 6.10 Å². The molecular formula is C14H29NO3. The first-order valence-corrected chi connectivity index (χ1v) is 7.38. The summed E-state index contributed by atoms with van der Waals surface area (Å²) in [6.45, 7) is 4.39. The highest BCUT2D eigenvalue weighted by molar-refractivity contribution is 4.82. The lowest BCUT2D eigenvalue weighted by molar-refractivity contribution is 0.0333. The van der Waals surface area contributed by atoms with Crippen molar-refractivity contribution in [1.29, 1.82) is 0 Å². The Bertz CT molecular complexity index is 197. The zero-order valence-electron chi connectivity index (χ0n) is 11.6. The van der Waals surface area contributed by atoms with E-state index in [-0.39, 0.29) is 6.10 Å². The van der Waals surface area contributed by atoms with Gasteiger partial charge in [-0.3, -0.25) is 0 Å². The predicted molar refractivity (Wildman–Crippen MR) is 72.6 cm³/mol. The molecular weight excluding hydrogens is 230 g/mol. The third-order valence-electron chi connectivity index (χ3n) is 3.35. The average Bonchev–Trinajstić information content (AvgIpc) is 3.17. The van der Waals surface area contributed by atoms with Crippen LogP contribution in [-0.2, 0) is 4.74 Å². The number of hydrogen-bond donors (Lipinski definition) is 3. The summed E-state index contributed by atoms with van der Waals surface area (Å²) in [5.41, 5.74) is 0. The Labute approximate surface area is 111 Å². The molecule has 1 aliphatic rings. The van der Waals surface area contributed by atoms with Crippen LogP contribution in [0.5, 0.6) is 0 Å². The van der Waals surface area contributed by atoms with Crippen LogP contribution in [0.25, 0.3) is 0 Å². The number of hydrogen-bond acceptors (Lipinski definition) is 4. The number of nitrogens with one attached hydrogen (secondary N) is 1. The summed E-state index contributed by atoms with van der Waals surface area (Å²) in [7, 11) is 0. The minimum Gasteiger partial charge on any atom is -0.392 e. The predicted octanol–water partition coefficient (Wildman–Crippen LogP) is 1.30. The summed E-state index contributed by atoms with van der Waals surface area (Å²) >= 11 is 0. The molecule has 0 aromatic heterocycles. The Morgan fingerprint density at radius 2 is 1.94 bits per heavy atom. The van der Waals surface area contributed by atoms with Crippen molar-refractivity contribution in [2.75, 3.05) is 26.3 Å². The van der Waals surface area contributed by atoms with Gasteiger partial charge in [0.25, 0.3) is 0 Å². The van der Waals surface area contributed by atoms with Crippen LogP contribution >= 0.6 is 0 Å².